The highest BCUT2D eigenvalue weighted by Crippen LogP contribution is 1.94. The second-order valence-corrected chi connectivity index (χ2v) is 1.47. The Morgan fingerprint density at radius 2 is 1.89 bits per heavy atom. The molecule has 1 radical (unpaired) electrons. The highest BCUT2D eigenvalue weighted by atomic mass is 16.4. The number of hydrogen-bond acceptors (Lipinski definition) is 2. The molecule has 0 spiro atoms. The van der Waals surface area contributed by atoms with Crippen molar-refractivity contribution in [3.63, 3.8) is 0 Å². The molecule has 0 bridgehead atoms. The van der Waals surface area contributed by atoms with Crippen LogP contribution < -0.4 is 5.32 Å². The number of amides is 1. The van der Waals surface area contributed by atoms with E-state index in [9.17, 15) is 9.90 Å². The smallest absolute Gasteiger partial charge is 0.365 e. The molecule has 1 N–H and O–H groups in total. The summed E-state index contributed by atoms with van der Waals surface area (Å²) in [5.41, 5.74) is 0. The van der Waals surface area contributed by atoms with Crippen LogP contribution in [0.15, 0.2) is 24.8 Å². The van der Waals surface area contributed by atoms with Crippen LogP contribution >= 0.6 is 0 Å². The van der Waals surface area contributed by atoms with E-state index < -0.39 is 6.09 Å². The minimum absolute atomic E-state index is 0.941. The molecule has 1 heterocycles. The largest absolute Gasteiger partial charge is 0.461 e. The topological polar surface area (TPSA) is 52.2 Å². The first-order valence-corrected chi connectivity index (χ1v) is 2.39. The number of nitrogens with one attached hydrogen (secondary N) is 1. The first kappa shape index (κ1) is 5.68. The van der Waals surface area contributed by atoms with Crippen molar-refractivity contribution >= 4 is 6.09 Å². The SMILES string of the molecule is [O]C(=O)N1C=CNC=C1. The standard InChI is InChI=1S/C5H5N2O2/c8-5(9)7-3-1-6-2-4-7/h1-4,6H. The predicted octanol–water partition coefficient (Wildman–Crippen LogP) is 0.385. The second-order valence-electron chi connectivity index (χ2n) is 1.47. The van der Waals surface area contributed by atoms with Gasteiger partial charge in [0.15, 0.2) is 0 Å². The zero-order valence-corrected chi connectivity index (χ0v) is 4.57. The summed E-state index contributed by atoms with van der Waals surface area (Å²) in [7, 11) is 0. The first-order valence-electron chi connectivity index (χ1n) is 2.39. The van der Waals surface area contributed by atoms with E-state index in [0.29, 0.717) is 0 Å². The minimum atomic E-state index is -1.23. The summed E-state index contributed by atoms with van der Waals surface area (Å²) < 4.78 is 0. The van der Waals surface area contributed by atoms with Crippen LogP contribution in [0.25, 0.3) is 0 Å². The molecule has 1 amide bonds. The van der Waals surface area contributed by atoms with Crippen molar-refractivity contribution in [2.24, 2.45) is 0 Å². The molecule has 1 aliphatic heterocycles. The molecule has 0 fully saturated rings. The van der Waals surface area contributed by atoms with E-state index in [1.165, 1.54) is 24.8 Å². The van der Waals surface area contributed by atoms with Crippen molar-refractivity contribution in [1.82, 2.24) is 10.2 Å². The van der Waals surface area contributed by atoms with Crippen LogP contribution in [0.5, 0.6) is 0 Å². The normalized spacial score (nSPS) is 15.3. The average molecular weight is 125 g/mol. The van der Waals surface area contributed by atoms with Gasteiger partial charge in [-0.05, 0) is 0 Å². The minimum Gasteiger partial charge on any atom is -0.365 e. The lowest BCUT2D eigenvalue weighted by Crippen LogP contribution is -2.20. The summed E-state index contributed by atoms with van der Waals surface area (Å²) in [5, 5.41) is 12.7. The Morgan fingerprint density at radius 3 is 2.22 bits per heavy atom. The highest BCUT2D eigenvalue weighted by Gasteiger charge is 2.06. The van der Waals surface area contributed by atoms with Crippen molar-refractivity contribution < 1.29 is 9.90 Å². The highest BCUT2D eigenvalue weighted by molar-refractivity contribution is 5.67. The van der Waals surface area contributed by atoms with Gasteiger partial charge >= 0.3 is 6.09 Å². The quantitative estimate of drug-likeness (QED) is 0.509. The van der Waals surface area contributed by atoms with E-state index in [0.717, 1.165) is 4.90 Å². The summed E-state index contributed by atoms with van der Waals surface area (Å²) in [6.45, 7) is 0. The lowest BCUT2D eigenvalue weighted by atomic mass is 10.6. The van der Waals surface area contributed by atoms with Crippen LogP contribution in [0.2, 0.25) is 0 Å². The second kappa shape index (κ2) is 2.21. The number of carbonyl (C=O) groups is 1. The Bertz CT molecular complexity index is 162. The molecule has 0 saturated carbocycles. The summed E-state index contributed by atoms with van der Waals surface area (Å²) >= 11 is 0. The summed E-state index contributed by atoms with van der Waals surface area (Å²) in [4.78, 5) is 11.0. The predicted molar refractivity (Wildman–Crippen MR) is 29.3 cm³/mol. The van der Waals surface area contributed by atoms with E-state index >= 15 is 0 Å². The lowest BCUT2D eigenvalue weighted by molar-refractivity contribution is 0.148. The van der Waals surface area contributed by atoms with Crippen LogP contribution in [-0.2, 0) is 5.11 Å². The van der Waals surface area contributed by atoms with Gasteiger partial charge in [0.1, 0.15) is 0 Å². The van der Waals surface area contributed by atoms with Crippen molar-refractivity contribution in [3.05, 3.63) is 24.8 Å². The van der Waals surface area contributed by atoms with Crippen LogP contribution in [0.3, 0.4) is 0 Å². The van der Waals surface area contributed by atoms with Crippen molar-refractivity contribution in [2.75, 3.05) is 0 Å². The molecule has 0 aromatic heterocycles. The van der Waals surface area contributed by atoms with Crippen LogP contribution in [0.1, 0.15) is 0 Å². The number of carbonyl (C=O) groups excluding carboxylic acids is 1. The van der Waals surface area contributed by atoms with Gasteiger partial charge in [0.25, 0.3) is 0 Å². The van der Waals surface area contributed by atoms with E-state index in [1.54, 1.807) is 0 Å². The summed E-state index contributed by atoms with van der Waals surface area (Å²) in [6, 6.07) is 0. The molecular formula is C5H5N2O2. The molecule has 1 rings (SSSR count). The van der Waals surface area contributed by atoms with Gasteiger partial charge in [-0.1, -0.05) is 0 Å². The lowest BCUT2D eigenvalue weighted by Gasteiger charge is -2.09. The van der Waals surface area contributed by atoms with Crippen molar-refractivity contribution in [3.8, 4) is 0 Å². The third-order valence-corrected chi connectivity index (χ3v) is 0.874. The molecule has 47 valence electrons. The maximum absolute atomic E-state index is 10.0. The van der Waals surface area contributed by atoms with Gasteiger partial charge in [-0.3, -0.25) is 4.90 Å². The van der Waals surface area contributed by atoms with Gasteiger partial charge in [0.05, 0.1) is 0 Å². The van der Waals surface area contributed by atoms with E-state index in [2.05, 4.69) is 5.32 Å². The Balaban J connectivity index is 2.60. The van der Waals surface area contributed by atoms with E-state index in [1.807, 2.05) is 0 Å². The monoisotopic (exact) mass is 125 g/mol. The number of rotatable bonds is 0. The molecule has 0 unspecified atom stereocenters. The molecule has 0 aliphatic carbocycles. The van der Waals surface area contributed by atoms with Gasteiger partial charge < -0.3 is 5.32 Å². The summed E-state index contributed by atoms with van der Waals surface area (Å²) in [5.74, 6) is 0. The third-order valence-electron chi connectivity index (χ3n) is 0.874. The number of hydrogen-bond donors (Lipinski definition) is 1. The molecule has 0 aromatic carbocycles. The van der Waals surface area contributed by atoms with Gasteiger partial charge in [-0.2, -0.15) is 0 Å². The van der Waals surface area contributed by atoms with Gasteiger partial charge in [0.2, 0.25) is 0 Å². The molecule has 0 saturated heterocycles. The molecule has 1 aliphatic rings. The maximum atomic E-state index is 10.0. The number of nitrogens with zero attached hydrogens (tertiary/aromatic N) is 1. The van der Waals surface area contributed by atoms with Gasteiger partial charge in [0, 0.05) is 24.8 Å². The van der Waals surface area contributed by atoms with Crippen molar-refractivity contribution in [2.45, 2.75) is 0 Å². The molecule has 0 atom stereocenters. The van der Waals surface area contributed by atoms with Crippen LogP contribution in [0, 0.1) is 0 Å². The fourth-order valence-corrected chi connectivity index (χ4v) is 0.474. The fourth-order valence-electron chi connectivity index (χ4n) is 0.474. The Morgan fingerprint density at radius 1 is 1.33 bits per heavy atom. The fraction of sp³-hybridized carbons (Fsp3) is 0. The summed E-state index contributed by atoms with van der Waals surface area (Å²) in [6.07, 6.45) is 4.47. The van der Waals surface area contributed by atoms with Crippen LogP contribution in [0.4, 0.5) is 4.79 Å². The average Bonchev–Trinajstić information content (AvgIpc) is 1.90. The molecular weight excluding hydrogens is 120 g/mol. The first-order chi connectivity index (χ1) is 4.30. The van der Waals surface area contributed by atoms with Crippen molar-refractivity contribution in [1.29, 1.82) is 0 Å². The van der Waals surface area contributed by atoms with E-state index in [-0.39, 0.29) is 0 Å². The Kier molecular flexibility index (Phi) is 1.40. The zero-order valence-electron chi connectivity index (χ0n) is 4.57. The molecule has 9 heavy (non-hydrogen) atoms. The molecule has 0 aromatic rings. The Labute approximate surface area is 52.1 Å². The third kappa shape index (κ3) is 1.22. The molecule has 4 nitrogen and oxygen atoms in total. The molecule has 4 heteroatoms. The van der Waals surface area contributed by atoms with Gasteiger partial charge in [-0.25, -0.2) is 9.90 Å². The van der Waals surface area contributed by atoms with E-state index in [4.69, 9.17) is 0 Å². The Hall–Kier alpha value is -1.45. The maximum Gasteiger partial charge on any atom is 0.461 e. The zero-order chi connectivity index (χ0) is 6.69. The van der Waals surface area contributed by atoms with Gasteiger partial charge in [-0.15, -0.1) is 0 Å². The van der Waals surface area contributed by atoms with Crippen LogP contribution in [-0.4, -0.2) is 11.0 Å².